The molecule has 0 bridgehead atoms. The second-order valence-corrected chi connectivity index (χ2v) is 12.3. The summed E-state index contributed by atoms with van der Waals surface area (Å²) in [5.74, 6) is -0.0844. The van der Waals surface area contributed by atoms with E-state index in [9.17, 15) is 24.3 Å². The van der Waals surface area contributed by atoms with Gasteiger partial charge in [0.05, 0.1) is 6.42 Å². The lowest BCUT2D eigenvalue weighted by atomic mass is 9.47. The van der Waals surface area contributed by atoms with Crippen molar-refractivity contribution < 1.29 is 29.0 Å². The number of ether oxygens (including phenoxy) is 1. The molecule has 0 radical (unpaired) electrons. The van der Waals surface area contributed by atoms with E-state index in [0.717, 1.165) is 44.9 Å². The quantitative estimate of drug-likeness (QED) is 0.480. The number of carboxylic acid groups (broad SMARTS) is 1. The molecular formula is C31H39NO6. The molecule has 38 heavy (non-hydrogen) atoms. The number of carbonyl (C=O) groups excluding carboxylic acids is 3. The van der Waals surface area contributed by atoms with E-state index in [4.69, 9.17) is 4.74 Å². The van der Waals surface area contributed by atoms with Crippen molar-refractivity contribution >= 4 is 23.6 Å². The summed E-state index contributed by atoms with van der Waals surface area (Å²) in [6.45, 7) is 4.65. The molecule has 5 unspecified atom stereocenters. The lowest BCUT2D eigenvalue weighted by Crippen LogP contribution is -2.51. The van der Waals surface area contributed by atoms with Crippen LogP contribution in [-0.2, 0) is 23.9 Å². The number of nitrogens with one attached hydrogen (secondary N) is 1. The van der Waals surface area contributed by atoms with Crippen molar-refractivity contribution in [3.05, 3.63) is 47.5 Å². The van der Waals surface area contributed by atoms with Gasteiger partial charge in [-0.1, -0.05) is 49.8 Å². The lowest BCUT2D eigenvalue weighted by molar-refractivity contribution is -0.160. The highest BCUT2D eigenvalue weighted by Gasteiger charge is 2.59. The monoisotopic (exact) mass is 521 g/mol. The van der Waals surface area contributed by atoms with Gasteiger partial charge in [0, 0.05) is 18.3 Å². The fourth-order valence-electron chi connectivity index (χ4n) is 8.30. The van der Waals surface area contributed by atoms with Crippen LogP contribution in [0.1, 0.15) is 89.7 Å². The molecule has 3 fully saturated rings. The zero-order valence-electron chi connectivity index (χ0n) is 22.4. The summed E-state index contributed by atoms with van der Waals surface area (Å²) in [6.07, 6.45) is 9.28. The number of amides is 1. The van der Waals surface area contributed by atoms with Crippen LogP contribution in [0, 0.1) is 28.6 Å². The zero-order valence-corrected chi connectivity index (χ0v) is 22.4. The Morgan fingerprint density at radius 2 is 1.76 bits per heavy atom. The van der Waals surface area contributed by atoms with E-state index in [0.29, 0.717) is 29.7 Å². The number of aliphatic carboxylic acids is 1. The summed E-state index contributed by atoms with van der Waals surface area (Å²) in [4.78, 5) is 49.0. The molecular weight excluding hydrogens is 482 g/mol. The van der Waals surface area contributed by atoms with Crippen LogP contribution >= 0.6 is 0 Å². The van der Waals surface area contributed by atoms with Crippen LogP contribution in [0.25, 0.3) is 0 Å². The van der Waals surface area contributed by atoms with Crippen molar-refractivity contribution in [1.82, 2.24) is 5.32 Å². The van der Waals surface area contributed by atoms with Gasteiger partial charge >= 0.3 is 11.9 Å². The number of carboxylic acids is 1. The highest BCUT2D eigenvalue weighted by Crippen LogP contribution is 2.65. The number of hydrogen-bond acceptors (Lipinski definition) is 5. The van der Waals surface area contributed by atoms with Crippen molar-refractivity contribution in [3.8, 4) is 0 Å². The fourth-order valence-corrected chi connectivity index (χ4v) is 8.30. The normalized spacial score (nSPS) is 34.7. The number of rotatable bonds is 7. The minimum atomic E-state index is -1.15. The predicted molar refractivity (Wildman–Crippen MR) is 141 cm³/mol. The maximum absolute atomic E-state index is 12.8. The molecule has 2 N–H and O–H groups in total. The highest BCUT2D eigenvalue weighted by molar-refractivity contribution is 5.91. The Hall–Kier alpha value is -2.96. The Morgan fingerprint density at radius 1 is 1.00 bits per heavy atom. The van der Waals surface area contributed by atoms with Crippen molar-refractivity contribution in [2.75, 3.05) is 0 Å². The van der Waals surface area contributed by atoms with Gasteiger partial charge in [0.15, 0.2) is 11.8 Å². The van der Waals surface area contributed by atoms with Gasteiger partial charge in [-0.15, -0.1) is 0 Å². The van der Waals surface area contributed by atoms with Gasteiger partial charge in [0.25, 0.3) is 0 Å². The van der Waals surface area contributed by atoms with E-state index in [2.05, 4.69) is 19.2 Å². The molecule has 0 heterocycles. The molecule has 7 heteroatoms. The second kappa shape index (κ2) is 10.3. The van der Waals surface area contributed by atoms with Gasteiger partial charge in [0.2, 0.25) is 5.91 Å². The van der Waals surface area contributed by atoms with Gasteiger partial charge in [-0.3, -0.25) is 14.4 Å². The van der Waals surface area contributed by atoms with Gasteiger partial charge in [-0.05, 0) is 79.8 Å². The number of carbonyl (C=O) groups is 4. The van der Waals surface area contributed by atoms with Gasteiger partial charge in [-0.25, -0.2) is 4.79 Å². The average Bonchev–Trinajstić information content (AvgIpc) is 3.22. The first kappa shape index (κ1) is 26.6. The van der Waals surface area contributed by atoms with Crippen LogP contribution in [-0.4, -0.2) is 34.8 Å². The van der Waals surface area contributed by atoms with Crippen molar-refractivity contribution in [2.45, 2.75) is 90.2 Å². The number of hydrogen-bond donors (Lipinski definition) is 2. The Kier molecular flexibility index (Phi) is 7.23. The maximum Gasteiger partial charge on any atom is 0.330 e. The van der Waals surface area contributed by atoms with E-state index in [1.165, 1.54) is 5.57 Å². The number of ketones is 1. The molecule has 7 nitrogen and oxygen atoms in total. The first-order chi connectivity index (χ1) is 18.1. The molecule has 1 aromatic rings. The summed E-state index contributed by atoms with van der Waals surface area (Å²) >= 11 is 0. The Labute approximate surface area is 224 Å². The SMILES string of the molecule is C[C@]12CCC3C(CCC4=CC(=O)CC[C@@]43C)C1CCC2OC(=O)CCC(=O)NC(C(=O)O)c1ccccc1. The second-order valence-electron chi connectivity index (χ2n) is 12.3. The first-order valence-electron chi connectivity index (χ1n) is 14.1. The van der Waals surface area contributed by atoms with E-state index < -0.39 is 23.9 Å². The number of allylic oxidation sites excluding steroid dienone is 1. The van der Waals surface area contributed by atoms with Gasteiger partial charge < -0.3 is 15.2 Å². The predicted octanol–water partition coefficient (Wildman–Crippen LogP) is 5.15. The first-order valence-corrected chi connectivity index (χ1v) is 14.1. The molecule has 3 saturated carbocycles. The molecule has 204 valence electrons. The molecule has 4 aliphatic carbocycles. The van der Waals surface area contributed by atoms with Crippen molar-refractivity contribution in [2.24, 2.45) is 28.6 Å². The van der Waals surface area contributed by atoms with E-state index in [1.54, 1.807) is 30.3 Å². The lowest BCUT2D eigenvalue weighted by Gasteiger charge is -2.57. The minimum absolute atomic E-state index is 0.0666. The minimum Gasteiger partial charge on any atom is -0.479 e. The van der Waals surface area contributed by atoms with Crippen LogP contribution in [0.4, 0.5) is 0 Å². The van der Waals surface area contributed by atoms with Crippen LogP contribution in [0.15, 0.2) is 42.0 Å². The molecule has 0 spiro atoms. The molecule has 7 atom stereocenters. The third-order valence-electron chi connectivity index (χ3n) is 10.4. The molecule has 0 aromatic heterocycles. The number of esters is 1. The Morgan fingerprint density at radius 3 is 2.50 bits per heavy atom. The summed E-state index contributed by atoms with van der Waals surface area (Å²) in [5.41, 5.74) is 1.89. The van der Waals surface area contributed by atoms with E-state index >= 15 is 0 Å². The Balaban J connectivity index is 1.17. The van der Waals surface area contributed by atoms with Crippen molar-refractivity contribution in [1.29, 1.82) is 0 Å². The number of benzene rings is 1. The Bertz CT molecular complexity index is 1140. The summed E-state index contributed by atoms with van der Waals surface area (Å²) < 4.78 is 6.01. The zero-order chi connectivity index (χ0) is 27.1. The smallest absolute Gasteiger partial charge is 0.330 e. The standard InChI is InChI=1S/C31H39NO6/c1-30-16-14-21(33)18-20(30)8-9-22-23-10-11-25(31(23,2)17-15-24(22)30)38-27(35)13-12-26(34)32-28(29(36)37)19-6-4-3-5-7-19/h3-7,18,22-25,28H,8-17H2,1-2H3,(H,32,34)(H,36,37)/t22?,23?,24?,25?,28?,30-,31-/m0/s1. The van der Waals surface area contributed by atoms with Crippen LogP contribution in [0.5, 0.6) is 0 Å². The highest BCUT2D eigenvalue weighted by atomic mass is 16.5. The molecule has 1 amide bonds. The average molecular weight is 522 g/mol. The van der Waals surface area contributed by atoms with Gasteiger partial charge in [-0.2, -0.15) is 0 Å². The van der Waals surface area contributed by atoms with E-state index in [1.807, 2.05) is 6.08 Å². The van der Waals surface area contributed by atoms with Crippen LogP contribution in [0.3, 0.4) is 0 Å². The van der Waals surface area contributed by atoms with Crippen LogP contribution in [0.2, 0.25) is 0 Å². The molecule has 5 rings (SSSR count). The summed E-state index contributed by atoms with van der Waals surface area (Å²) in [7, 11) is 0. The molecule has 4 aliphatic rings. The number of fused-ring (bicyclic) bond motifs is 5. The summed E-state index contributed by atoms with van der Waals surface area (Å²) in [6, 6.07) is 7.36. The molecule has 1 aromatic carbocycles. The maximum atomic E-state index is 12.8. The largest absolute Gasteiger partial charge is 0.479 e. The molecule has 0 saturated heterocycles. The topological polar surface area (TPSA) is 110 Å². The van der Waals surface area contributed by atoms with Gasteiger partial charge in [0.1, 0.15) is 6.10 Å². The third-order valence-corrected chi connectivity index (χ3v) is 10.4. The summed E-state index contributed by atoms with van der Waals surface area (Å²) in [5, 5.41) is 12.1. The fraction of sp³-hybridized carbons (Fsp3) is 0.613. The molecule has 0 aliphatic heterocycles. The third kappa shape index (κ3) is 4.80. The van der Waals surface area contributed by atoms with Crippen molar-refractivity contribution in [3.63, 3.8) is 0 Å². The van der Waals surface area contributed by atoms with E-state index in [-0.39, 0.29) is 35.6 Å². The van der Waals surface area contributed by atoms with Crippen LogP contribution < -0.4 is 5.32 Å².